The number of nitrogens with two attached hydrogens (primary N) is 1. The van der Waals surface area contributed by atoms with Crippen LogP contribution in [0, 0.1) is 0 Å². The molecule has 5 heteroatoms. The van der Waals surface area contributed by atoms with Gasteiger partial charge in [-0.05, 0) is 37.9 Å². The van der Waals surface area contributed by atoms with E-state index in [1.165, 1.54) is 5.56 Å². The molecule has 0 saturated heterocycles. The van der Waals surface area contributed by atoms with Gasteiger partial charge in [-0.3, -0.25) is 4.79 Å². The van der Waals surface area contributed by atoms with E-state index in [-0.39, 0.29) is 11.6 Å². The molecule has 0 radical (unpaired) electrons. The lowest BCUT2D eigenvalue weighted by Crippen LogP contribution is -2.25. The van der Waals surface area contributed by atoms with Crippen LogP contribution in [0.1, 0.15) is 31.0 Å². The lowest BCUT2D eigenvalue weighted by molar-refractivity contribution is 0.575. The fourth-order valence-electron chi connectivity index (χ4n) is 2.13. The van der Waals surface area contributed by atoms with E-state index in [2.05, 4.69) is 22.4 Å². The molecule has 0 spiro atoms. The summed E-state index contributed by atoms with van der Waals surface area (Å²) < 4.78 is 1.67. The standard InChI is InChI=1S/C16H22N4O/c1-12(2)20-10-9-18-15(16(20)21)19-11-14-5-3-13(4-6-14)7-8-17/h3-6,9-10,12H,7-8,11,17H2,1-2H3,(H,18,19). The molecular formula is C16H22N4O. The van der Waals surface area contributed by atoms with E-state index in [0.717, 1.165) is 12.0 Å². The minimum atomic E-state index is -0.0905. The lowest BCUT2D eigenvalue weighted by Gasteiger charge is -2.11. The maximum atomic E-state index is 12.2. The van der Waals surface area contributed by atoms with Crippen LogP contribution < -0.4 is 16.6 Å². The average molecular weight is 286 g/mol. The van der Waals surface area contributed by atoms with Crippen molar-refractivity contribution < 1.29 is 0 Å². The minimum absolute atomic E-state index is 0.0905. The van der Waals surface area contributed by atoms with Crippen LogP contribution in [-0.4, -0.2) is 16.1 Å². The Labute approximate surface area is 124 Å². The quantitative estimate of drug-likeness (QED) is 0.851. The van der Waals surface area contributed by atoms with Gasteiger partial charge in [-0.25, -0.2) is 4.98 Å². The topological polar surface area (TPSA) is 72.9 Å². The van der Waals surface area contributed by atoms with Crippen LogP contribution in [0.15, 0.2) is 41.5 Å². The molecule has 5 nitrogen and oxygen atoms in total. The largest absolute Gasteiger partial charge is 0.361 e. The van der Waals surface area contributed by atoms with E-state index in [4.69, 9.17) is 5.73 Å². The molecule has 0 saturated carbocycles. The fraction of sp³-hybridized carbons (Fsp3) is 0.375. The minimum Gasteiger partial charge on any atom is -0.361 e. The molecule has 21 heavy (non-hydrogen) atoms. The van der Waals surface area contributed by atoms with E-state index in [9.17, 15) is 4.79 Å². The number of hydrogen-bond donors (Lipinski definition) is 2. The molecule has 0 aliphatic rings. The van der Waals surface area contributed by atoms with Crippen molar-refractivity contribution in [3.05, 3.63) is 58.1 Å². The Balaban J connectivity index is 2.06. The predicted octanol–water partition coefficient (Wildman–Crippen LogP) is 1.94. The number of aromatic nitrogens is 2. The predicted molar refractivity (Wildman–Crippen MR) is 85.4 cm³/mol. The van der Waals surface area contributed by atoms with Gasteiger partial charge in [0, 0.05) is 25.0 Å². The molecule has 0 aliphatic carbocycles. The Hall–Kier alpha value is -2.14. The molecule has 2 aromatic rings. The Morgan fingerprint density at radius 3 is 2.52 bits per heavy atom. The van der Waals surface area contributed by atoms with Crippen LogP contribution in [0.2, 0.25) is 0 Å². The molecule has 1 heterocycles. The van der Waals surface area contributed by atoms with Crippen molar-refractivity contribution in [2.75, 3.05) is 11.9 Å². The average Bonchev–Trinajstić information content (AvgIpc) is 2.48. The smallest absolute Gasteiger partial charge is 0.293 e. The van der Waals surface area contributed by atoms with Crippen molar-refractivity contribution in [3.8, 4) is 0 Å². The van der Waals surface area contributed by atoms with Gasteiger partial charge in [0.1, 0.15) is 0 Å². The van der Waals surface area contributed by atoms with Gasteiger partial charge in [0.25, 0.3) is 5.56 Å². The van der Waals surface area contributed by atoms with Gasteiger partial charge in [0.05, 0.1) is 0 Å². The first-order chi connectivity index (χ1) is 10.1. The maximum absolute atomic E-state index is 12.2. The SMILES string of the molecule is CC(C)n1ccnc(NCc2ccc(CCN)cc2)c1=O. The van der Waals surface area contributed by atoms with E-state index in [1.54, 1.807) is 17.0 Å². The van der Waals surface area contributed by atoms with Gasteiger partial charge in [0.2, 0.25) is 0 Å². The summed E-state index contributed by atoms with van der Waals surface area (Å²) in [6.45, 7) is 5.18. The molecule has 0 atom stereocenters. The van der Waals surface area contributed by atoms with E-state index in [1.807, 2.05) is 26.0 Å². The number of nitrogens with zero attached hydrogens (tertiary/aromatic N) is 2. The summed E-state index contributed by atoms with van der Waals surface area (Å²) >= 11 is 0. The second kappa shape index (κ2) is 7.04. The lowest BCUT2D eigenvalue weighted by atomic mass is 10.1. The maximum Gasteiger partial charge on any atom is 0.293 e. The molecule has 2 rings (SSSR count). The van der Waals surface area contributed by atoms with Crippen molar-refractivity contribution >= 4 is 5.82 Å². The summed E-state index contributed by atoms with van der Waals surface area (Å²) in [6.07, 6.45) is 4.24. The molecule has 0 bridgehead atoms. The molecule has 3 N–H and O–H groups in total. The number of nitrogens with one attached hydrogen (secondary N) is 1. The zero-order valence-electron chi connectivity index (χ0n) is 12.5. The molecule has 0 aliphatic heterocycles. The van der Waals surface area contributed by atoms with Crippen molar-refractivity contribution in [2.24, 2.45) is 5.73 Å². The highest BCUT2D eigenvalue weighted by Crippen LogP contribution is 2.07. The number of anilines is 1. The van der Waals surface area contributed by atoms with Gasteiger partial charge < -0.3 is 15.6 Å². The van der Waals surface area contributed by atoms with Crippen molar-refractivity contribution in [3.63, 3.8) is 0 Å². The molecule has 112 valence electrons. The fourth-order valence-corrected chi connectivity index (χ4v) is 2.13. The first-order valence-corrected chi connectivity index (χ1v) is 7.20. The number of benzene rings is 1. The Bertz CT molecular complexity index is 631. The van der Waals surface area contributed by atoms with Crippen molar-refractivity contribution in [2.45, 2.75) is 32.9 Å². The Morgan fingerprint density at radius 2 is 1.90 bits per heavy atom. The van der Waals surface area contributed by atoms with Gasteiger partial charge in [-0.15, -0.1) is 0 Å². The summed E-state index contributed by atoms with van der Waals surface area (Å²) in [4.78, 5) is 16.3. The summed E-state index contributed by atoms with van der Waals surface area (Å²) in [7, 11) is 0. The number of hydrogen-bond acceptors (Lipinski definition) is 4. The van der Waals surface area contributed by atoms with Crippen LogP contribution in [0.5, 0.6) is 0 Å². The normalized spacial score (nSPS) is 10.9. The third-order valence-corrected chi connectivity index (χ3v) is 3.34. The van der Waals surface area contributed by atoms with Gasteiger partial charge in [0.15, 0.2) is 5.82 Å². The van der Waals surface area contributed by atoms with E-state index >= 15 is 0 Å². The van der Waals surface area contributed by atoms with Gasteiger partial charge in [-0.2, -0.15) is 0 Å². The molecular weight excluding hydrogens is 264 g/mol. The first kappa shape index (κ1) is 15.3. The van der Waals surface area contributed by atoms with Crippen LogP contribution in [-0.2, 0) is 13.0 Å². The van der Waals surface area contributed by atoms with Gasteiger partial charge in [-0.1, -0.05) is 24.3 Å². The van der Waals surface area contributed by atoms with E-state index < -0.39 is 0 Å². The highest BCUT2D eigenvalue weighted by Gasteiger charge is 2.06. The summed E-state index contributed by atoms with van der Waals surface area (Å²) in [5.74, 6) is 0.386. The zero-order valence-corrected chi connectivity index (χ0v) is 12.5. The summed E-state index contributed by atoms with van der Waals surface area (Å²) in [5, 5.41) is 3.11. The van der Waals surface area contributed by atoms with Crippen LogP contribution >= 0.6 is 0 Å². The zero-order chi connectivity index (χ0) is 15.2. The summed E-state index contributed by atoms with van der Waals surface area (Å²) in [5.41, 5.74) is 7.77. The number of rotatable bonds is 6. The highest BCUT2D eigenvalue weighted by atomic mass is 16.1. The van der Waals surface area contributed by atoms with Crippen molar-refractivity contribution in [1.82, 2.24) is 9.55 Å². The Kier molecular flexibility index (Phi) is 5.11. The third-order valence-electron chi connectivity index (χ3n) is 3.34. The van der Waals surface area contributed by atoms with E-state index in [0.29, 0.717) is 18.9 Å². The van der Waals surface area contributed by atoms with Crippen molar-refractivity contribution in [1.29, 1.82) is 0 Å². The summed E-state index contributed by atoms with van der Waals surface area (Å²) in [6, 6.07) is 8.34. The second-order valence-electron chi connectivity index (χ2n) is 5.29. The second-order valence-corrected chi connectivity index (χ2v) is 5.29. The molecule has 0 fully saturated rings. The first-order valence-electron chi connectivity index (χ1n) is 7.20. The van der Waals surface area contributed by atoms with Gasteiger partial charge >= 0.3 is 0 Å². The molecule has 1 aromatic heterocycles. The molecule has 0 unspecified atom stereocenters. The Morgan fingerprint density at radius 1 is 1.24 bits per heavy atom. The van der Waals surface area contributed by atoms with Crippen LogP contribution in [0.4, 0.5) is 5.82 Å². The monoisotopic (exact) mass is 286 g/mol. The third kappa shape index (κ3) is 3.92. The molecule has 1 aromatic carbocycles. The van der Waals surface area contributed by atoms with Crippen LogP contribution in [0.25, 0.3) is 0 Å². The van der Waals surface area contributed by atoms with Crippen LogP contribution in [0.3, 0.4) is 0 Å². The molecule has 0 amide bonds. The highest BCUT2D eigenvalue weighted by molar-refractivity contribution is 5.33.